The molecule has 0 saturated carbocycles. The highest BCUT2D eigenvalue weighted by Gasteiger charge is 1.94. The van der Waals surface area contributed by atoms with Crippen LogP contribution in [0.5, 0.6) is 11.5 Å². The first-order valence-corrected chi connectivity index (χ1v) is 11.3. The number of aromatic hydroxyl groups is 2. The van der Waals surface area contributed by atoms with Gasteiger partial charge < -0.3 is 10.2 Å². The van der Waals surface area contributed by atoms with E-state index in [1.807, 2.05) is 24.3 Å². The minimum Gasteiger partial charge on any atom is -0.508 e. The Bertz CT molecular complexity index is 933. The summed E-state index contributed by atoms with van der Waals surface area (Å²) in [5.41, 5.74) is 7.65. The van der Waals surface area contributed by atoms with Crippen molar-refractivity contribution in [1.82, 2.24) is 0 Å². The lowest BCUT2D eigenvalue weighted by Gasteiger charge is -2.00. The summed E-state index contributed by atoms with van der Waals surface area (Å²) < 4.78 is 0. The zero-order valence-electron chi connectivity index (χ0n) is 20.7. The van der Waals surface area contributed by atoms with Crippen LogP contribution in [0.4, 0.5) is 0 Å². The van der Waals surface area contributed by atoms with Crippen LogP contribution < -0.4 is 0 Å². The number of benzene rings is 2. The lowest BCUT2D eigenvalue weighted by atomic mass is 10.1. The van der Waals surface area contributed by atoms with E-state index in [0.29, 0.717) is 11.5 Å². The molecule has 0 aliphatic heterocycles. The summed E-state index contributed by atoms with van der Waals surface area (Å²) in [6, 6.07) is 14.6. The average molecular weight is 433 g/mol. The molecule has 0 unspecified atom stereocenters. The number of phenolic OH excluding ortho intramolecular Hbond substituents is 2. The molecule has 0 saturated heterocycles. The fourth-order valence-corrected chi connectivity index (χ4v) is 3.08. The van der Waals surface area contributed by atoms with E-state index in [1.165, 1.54) is 22.3 Å². The normalized spacial score (nSPS) is 11.3. The van der Waals surface area contributed by atoms with Gasteiger partial charge in [0.05, 0.1) is 0 Å². The monoisotopic (exact) mass is 432 g/mol. The van der Waals surface area contributed by atoms with E-state index < -0.39 is 0 Å². The summed E-state index contributed by atoms with van der Waals surface area (Å²) in [4.78, 5) is 0. The zero-order chi connectivity index (χ0) is 23.9. The van der Waals surface area contributed by atoms with Crippen LogP contribution in [0.25, 0.3) is 12.2 Å². The van der Waals surface area contributed by atoms with Gasteiger partial charge in [0.25, 0.3) is 0 Å². The highest BCUT2D eigenvalue weighted by molar-refractivity contribution is 5.54. The van der Waals surface area contributed by atoms with Gasteiger partial charge in [-0.1, -0.05) is 70.9 Å². The van der Waals surface area contributed by atoms with E-state index in [2.05, 4.69) is 65.8 Å². The molecule has 0 aliphatic rings. The third-order valence-corrected chi connectivity index (χ3v) is 4.77. The van der Waals surface area contributed by atoms with Crippen LogP contribution in [-0.2, 0) is 0 Å². The second kappa shape index (κ2) is 14.9. The lowest BCUT2D eigenvalue weighted by Crippen LogP contribution is -1.78. The maximum atomic E-state index is 9.34. The first-order chi connectivity index (χ1) is 15.2. The summed E-state index contributed by atoms with van der Waals surface area (Å²) in [5, 5.41) is 18.5. The summed E-state index contributed by atoms with van der Waals surface area (Å²) in [5.74, 6) is 0.644. The molecule has 0 atom stereocenters. The third kappa shape index (κ3) is 13.3. The Morgan fingerprint density at radius 1 is 0.625 bits per heavy atom. The predicted molar refractivity (Wildman–Crippen MR) is 141 cm³/mol. The fourth-order valence-electron chi connectivity index (χ4n) is 3.08. The molecule has 2 aromatic rings. The van der Waals surface area contributed by atoms with Gasteiger partial charge in [-0.05, 0) is 103 Å². The Labute approximate surface area is 195 Å². The van der Waals surface area contributed by atoms with Crippen molar-refractivity contribution in [3.8, 4) is 11.5 Å². The molecule has 0 heterocycles. The molecule has 0 aliphatic carbocycles. The molecule has 0 amide bonds. The predicted octanol–water partition coefficient (Wildman–Crippen LogP) is 9.08. The largest absolute Gasteiger partial charge is 0.508 e. The van der Waals surface area contributed by atoms with Gasteiger partial charge in [0.1, 0.15) is 11.5 Å². The van der Waals surface area contributed by atoms with E-state index in [-0.39, 0.29) is 0 Å². The van der Waals surface area contributed by atoms with Gasteiger partial charge in [0.2, 0.25) is 0 Å². The Hall–Kier alpha value is -3.00. The maximum absolute atomic E-state index is 9.34. The topological polar surface area (TPSA) is 40.5 Å². The molecule has 2 N–H and O–H groups in total. The van der Waals surface area contributed by atoms with Gasteiger partial charge in [0.15, 0.2) is 0 Å². The van der Waals surface area contributed by atoms with Crippen LogP contribution in [0.3, 0.4) is 0 Å². The highest BCUT2D eigenvalue weighted by atomic mass is 16.3. The van der Waals surface area contributed by atoms with Crippen molar-refractivity contribution in [2.75, 3.05) is 0 Å². The number of hydrogen-bond donors (Lipinski definition) is 2. The molecule has 0 aromatic heterocycles. The molecule has 2 aromatic carbocycles. The van der Waals surface area contributed by atoms with Crippen LogP contribution in [0.1, 0.15) is 78.4 Å². The Morgan fingerprint density at radius 3 is 1.59 bits per heavy atom. The smallest absolute Gasteiger partial charge is 0.116 e. The summed E-state index contributed by atoms with van der Waals surface area (Å²) >= 11 is 0. The van der Waals surface area contributed by atoms with E-state index in [4.69, 9.17) is 5.11 Å². The number of phenols is 2. The number of allylic oxidation sites excluding steroid dienone is 6. The second-order valence-electron chi connectivity index (χ2n) is 8.81. The molecule has 0 fully saturated rings. The third-order valence-electron chi connectivity index (χ3n) is 4.77. The molecule has 172 valence electrons. The van der Waals surface area contributed by atoms with Crippen molar-refractivity contribution >= 4 is 12.2 Å². The van der Waals surface area contributed by atoms with Gasteiger partial charge in [-0.15, -0.1) is 0 Å². The summed E-state index contributed by atoms with van der Waals surface area (Å²) in [6.07, 6.45) is 13.1. The fraction of sp³-hybridized carbons (Fsp3) is 0.333. The van der Waals surface area contributed by atoms with E-state index >= 15 is 0 Å². The standard InChI is InChI=1S/2C15H20O/c1-12(2)6-4-7-13(3)10-14-8-5-9-15(16)11-14;1-12(2)5-4-6-13(3)11-14-7-9-15(16)10-8-14/h5-6,8-11,16H,4,7H2,1-3H3;5,7-11,16H,4,6H2,1-3H3/b13-10-;13-11-. The van der Waals surface area contributed by atoms with Crippen molar-refractivity contribution in [2.45, 2.75) is 67.2 Å². The molecular formula is C30H40O2. The molecule has 2 heteroatoms. The summed E-state index contributed by atoms with van der Waals surface area (Å²) in [7, 11) is 0. The van der Waals surface area contributed by atoms with Crippen LogP contribution in [-0.4, -0.2) is 10.2 Å². The van der Waals surface area contributed by atoms with Crippen molar-refractivity contribution in [2.24, 2.45) is 0 Å². The van der Waals surface area contributed by atoms with E-state index in [9.17, 15) is 5.11 Å². The van der Waals surface area contributed by atoms with Crippen molar-refractivity contribution < 1.29 is 10.2 Å². The maximum Gasteiger partial charge on any atom is 0.116 e. The zero-order valence-corrected chi connectivity index (χ0v) is 20.7. The second-order valence-corrected chi connectivity index (χ2v) is 8.81. The van der Waals surface area contributed by atoms with Gasteiger partial charge in [0, 0.05) is 0 Å². The van der Waals surface area contributed by atoms with E-state index in [0.717, 1.165) is 36.8 Å². The Morgan fingerprint density at radius 2 is 1.12 bits per heavy atom. The minimum absolute atomic E-state index is 0.319. The Kier molecular flexibility index (Phi) is 12.6. The van der Waals surface area contributed by atoms with Crippen molar-refractivity contribution in [3.63, 3.8) is 0 Å². The van der Waals surface area contributed by atoms with Crippen LogP contribution in [0.2, 0.25) is 0 Å². The quantitative estimate of drug-likeness (QED) is 0.408. The number of rotatable bonds is 8. The molecule has 0 radical (unpaired) electrons. The SMILES string of the molecule is CC(C)=CCC/C(C)=C\c1ccc(O)cc1.CC(C)=CCC/C(C)=C\c1cccc(O)c1. The van der Waals surface area contributed by atoms with Crippen molar-refractivity contribution in [3.05, 3.63) is 94.1 Å². The van der Waals surface area contributed by atoms with Gasteiger partial charge in [-0.3, -0.25) is 0 Å². The van der Waals surface area contributed by atoms with Crippen molar-refractivity contribution in [1.29, 1.82) is 0 Å². The molecule has 0 spiro atoms. The average Bonchev–Trinajstić information content (AvgIpc) is 2.69. The molecule has 32 heavy (non-hydrogen) atoms. The van der Waals surface area contributed by atoms with Gasteiger partial charge in [-0.2, -0.15) is 0 Å². The molecule has 2 nitrogen and oxygen atoms in total. The summed E-state index contributed by atoms with van der Waals surface area (Å²) in [6.45, 7) is 12.8. The molecular weight excluding hydrogens is 392 g/mol. The number of hydrogen-bond acceptors (Lipinski definition) is 2. The van der Waals surface area contributed by atoms with Crippen LogP contribution in [0, 0.1) is 0 Å². The van der Waals surface area contributed by atoms with E-state index in [1.54, 1.807) is 24.3 Å². The minimum atomic E-state index is 0.319. The lowest BCUT2D eigenvalue weighted by molar-refractivity contribution is 0.474. The van der Waals surface area contributed by atoms with Gasteiger partial charge >= 0.3 is 0 Å². The van der Waals surface area contributed by atoms with Crippen LogP contribution in [0.15, 0.2) is 83.0 Å². The van der Waals surface area contributed by atoms with Gasteiger partial charge in [-0.25, -0.2) is 0 Å². The molecule has 0 bridgehead atoms. The first-order valence-electron chi connectivity index (χ1n) is 11.3. The Balaban J connectivity index is 0.000000320. The van der Waals surface area contributed by atoms with Crippen LogP contribution >= 0.6 is 0 Å². The highest BCUT2D eigenvalue weighted by Crippen LogP contribution is 2.17. The molecule has 2 rings (SSSR count). The first kappa shape index (κ1) is 27.0.